The minimum absolute atomic E-state index is 0.231. The monoisotopic (exact) mass is 182 g/mol. The van der Waals surface area contributed by atoms with E-state index in [2.05, 4.69) is 9.97 Å². The fraction of sp³-hybridized carbons (Fsp3) is 0.250. The Morgan fingerprint density at radius 1 is 1.33 bits per heavy atom. The van der Waals surface area contributed by atoms with Crippen LogP contribution in [-0.4, -0.2) is 9.97 Å². The molecule has 0 spiro atoms. The lowest BCUT2D eigenvalue weighted by Crippen LogP contribution is -1.85. The molecule has 4 heteroatoms. The molecule has 0 fully saturated rings. The van der Waals surface area contributed by atoms with E-state index < -0.39 is 0 Å². The predicted molar refractivity (Wildman–Crippen MR) is 46.3 cm³/mol. The molecule has 0 aromatic carbocycles. The molecule has 0 bridgehead atoms. The Kier molecular flexibility index (Phi) is 1.54. The van der Waals surface area contributed by atoms with Gasteiger partial charge in [-0.1, -0.05) is 0 Å². The topological polar surface area (TPSA) is 38.9 Å². The average molecular weight is 183 g/mol. The molecule has 0 N–H and O–H groups in total. The van der Waals surface area contributed by atoms with E-state index in [0.717, 1.165) is 16.8 Å². The number of furan rings is 1. The van der Waals surface area contributed by atoms with Crippen molar-refractivity contribution in [2.75, 3.05) is 0 Å². The highest BCUT2D eigenvalue weighted by molar-refractivity contribution is 6.28. The summed E-state index contributed by atoms with van der Waals surface area (Å²) in [6.07, 6.45) is 0. The van der Waals surface area contributed by atoms with Crippen LogP contribution in [0.25, 0.3) is 11.1 Å². The molecule has 2 heterocycles. The van der Waals surface area contributed by atoms with Crippen LogP contribution in [0.4, 0.5) is 0 Å². The van der Waals surface area contributed by atoms with E-state index in [-0.39, 0.29) is 5.28 Å². The molecule has 0 saturated heterocycles. The van der Waals surface area contributed by atoms with Gasteiger partial charge in [0.25, 0.3) is 0 Å². The number of aromatic nitrogens is 2. The lowest BCUT2D eigenvalue weighted by molar-refractivity contribution is 0.567. The average Bonchev–Trinajstić information content (AvgIpc) is 2.29. The van der Waals surface area contributed by atoms with Crippen molar-refractivity contribution in [3.8, 4) is 0 Å². The first kappa shape index (κ1) is 7.55. The highest BCUT2D eigenvalue weighted by Crippen LogP contribution is 2.20. The standard InChI is InChI=1S/C8H7ClN2O/c1-4-3-6-5(2)10-8(9)11-7(6)12-4/h3H,1-2H3. The molecule has 62 valence electrons. The summed E-state index contributed by atoms with van der Waals surface area (Å²) in [5, 5.41) is 1.16. The first-order chi connectivity index (χ1) is 5.66. The fourth-order valence-corrected chi connectivity index (χ4v) is 1.36. The second-order valence-electron chi connectivity index (χ2n) is 2.65. The molecule has 0 unspecified atom stereocenters. The van der Waals surface area contributed by atoms with E-state index in [9.17, 15) is 0 Å². The van der Waals surface area contributed by atoms with Crippen molar-refractivity contribution in [2.45, 2.75) is 13.8 Å². The van der Waals surface area contributed by atoms with E-state index in [1.54, 1.807) is 0 Å². The van der Waals surface area contributed by atoms with Gasteiger partial charge in [0.15, 0.2) is 0 Å². The van der Waals surface area contributed by atoms with Gasteiger partial charge in [0.1, 0.15) is 5.76 Å². The Labute approximate surface area is 74.4 Å². The van der Waals surface area contributed by atoms with Crippen molar-refractivity contribution >= 4 is 22.7 Å². The van der Waals surface area contributed by atoms with Gasteiger partial charge < -0.3 is 4.42 Å². The first-order valence-corrected chi connectivity index (χ1v) is 3.95. The van der Waals surface area contributed by atoms with Crippen LogP contribution < -0.4 is 0 Å². The van der Waals surface area contributed by atoms with Crippen LogP contribution in [0, 0.1) is 13.8 Å². The predicted octanol–water partition coefficient (Wildman–Crippen LogP) is 2.49. The van der Waals surface area contributed by atoms with Gasteiger partial charge in [-0.05, 0) is 31.5 Å². The summed E-state index contributed by atoms with van der Waals surface area (Å²) in [6, 6.07) is 1.90. The molecule has 0 atom stereocenters. The maximum absolute atomic E-state index is 5.65. The van der Waals surface area contributed by atoms with Crippen LogP contribution >= 0.6 is 11.6 Å². The van der Waals surface area contributed by atoms with Gasteiger partial charge in [-0.2, -0.15) is 4.98 Å². The Hall–Kier alpha value is -1.09. The zero-order valence-electron chi connectivity index (χ0n) is 6.76. The molecule has 0 radical (unpaired) electrons. The van der Waals surface area contributed by atoms with Crippen molar-refractivity contribution in [1.29, 1.82) is 0 Å². The van der Waals surface area contributed by atoms with Gasteiger partial charge in [-0.25, -0.2) is 4.98 Å². The maximum Gasteiger partial charge on any atom is 0.230 e. The van der Waals surface area contributed by atoms with Gasteiger partial charge in [0.05, 0.1) is 11.1 Å². The Balaban J connectivity index is 2.88. The summed E-state index contributed by atoms with van der Waals surface area (Å²) in [6.45, 7) is 3.75. The number of halogens is 1. The number of rotatable bonds is 0. The van der Waals surface area contributed by atoms with Gasteiger partial charge in [-0.3, -0.25) is 0 Å². The van der Waals surface area contributed by atoms with E-state index in [0.29, 0.717) is 5.71 Å². The molecule has 0 aliphatic carbocycles. The van der Waals surface area contributed by atoms with Crippen molar-refractivity contribution in [3.63, 3.8) is 0 Å². The molecule has 0 amide bonds. The smallest absolute Gasteiger partial charge is 0.230 e. The summed E-state index contributed by atoms with van der Waals surface area (Å²) >= 11 is 5.65. The molecular weight excluding hydrogens is 176 g/mol. The second kappa shape index (κ2) is 2.45. The highest BCUT2D eigenvalue weighted by Gasteiger charge is 2.06. The fourth-order valence-electron chi connectivity index (χ4n) is 1.15. The van der Waals surface area contributed by atoms with Crippen LogP contribution in [0.1, 0.15) is 11.5 Å². The molecule has 2 aromatic rings. The Bertz CT molecular complexity index is 436. The zero-order valence-corrected chi connectivity index (χ0v) is 7.51. The molecule has 2 aromatic heterocycles. The number of hydrogen-bond acceptors (Lipinski definition) is 3. The molecule has 12 heavy (non-hydrogen) atoms. The maximum atomic E-state index is 5.65. The Morgan fingerprint density at radius 3 is 2.83 bits per heavy atom. The first-order valence-electron chi connectivity index (χ1n) is 3.57. The van der Waals surface area contributed by atoms with Crippen molar-refractivity contribution < 1.29 is 4.42 Å². The van der Waals surface area contributed by atoms with Crippen LogP contribution in [-0.2, 0) is 0 Å². The summed E-state index contributed by atoms with van der Waals surface area (Å²) in [7, 11) is 0. The number of fused-ring (bicyclic) bond motifs is 1. The van der Waals surface area contributed by atoms with Crippen LogP contribution in [0.5, 0.6) is 0 Å². The van der Waals surface area contributed by atoms with E-state index in [1.165, 1.54) is 0 Å². The van der Waals surface area contributed by atoms with Gasteiger partial charge in [0.2, 0.25) is 11.0 Å². The normalized spacial score (nSPS) is 10.9. The number of aryl methyl sites for hydroxylation is 2. The highest BCUT2D eigenvalue weighted by atomic mass is 35.5. The molecular formula is C8H7ClN2O. The summed E-state index contributed by atoms with van der Waals surface area (Å²) in [5.74, 6) is 0.824. The van der Waals surface area contributed by atoms with Gasteiger partial charge >= 0.3 is 0 Å². The quantitative estimate of drug-likeness (QED) is 0.588. The van der Waals surface area contributed by atoms with Crippen LogP contribution in [0.2, 0.25) is 5.28 Å². The van der Waals surface area contributed by atoms with E-state index in [1.807, 2.05) is 19.9 Å². The summed E-state index contributed by atoms with van der Waals surface area (Å²) < 4.78 is 5.29. The van der Waals surface area contributed by atoms with Crippen molar-refractivity contribution in [2.24, 2.45) is 0 Å². The molecule has 0 saturated carbocycles. The molecule has 3 nitrogen and oxygen atoms in total. The zero-order chi connectivity index (χ0) is 8.72. The number of nitrogens with zero attached hydrogens (tertiary/aromatic N) is 2. The van der Waals surface area contributed by atoms with Crippen LogP contribution in [0.3, 0.4) is 0 Å². The summed E-state index contributed by atoms with van der Waals surface area (Å²) in [5.41, 5.74) is 1.41. The second-order valence-corrected chi connectivity index (χ2v) is 2.99. The Morgan fingerprint density at radius 2 is 2.08 bits per heavy atom. The van der Waals surface area contributed by atoms with Gasteiger partial charge in [-0.15, -0.1) is 0 Å². The van der Waals surface area contributed by atoms with E-state index in [4.69, 9.17) is 16.0 Å². The lowest BCUT2D eigenvalue weighted by Gasteiger charge is -1.92. The molecule has 0 aliphatic rings. The summed E-state index contributed by atoms with van der Waals surface area (Å²) in [4.78, 5) is 7.95. The van der Waals surface area contributed by atoms with Gasteiger partial charge in [0, 0.05) is 0 Å². The third-order valence-electron chi connectivity index (χ3n) is 1.68. The molecule has 2 rings (SSSR count). The third-order valence-corrected chi connectivity index (χ3v) is 1.85. The third kappa shape index (κ3) is 1.06. The minimum atomic E-state index is 0.231. The number of hydrogen-bond donors (Lipinski definition) is 0. The van der Waals surface area contributed by atoms with Crippen LogP contribution in [0.15, 0.2) is 10.5 Å². The van der Waals surface area contributed by atoms with Crippen molar-refractivity contribution in [1.82, 2.24) is 9.97 Å². The van der Waals surface area contributed by atoms with Crippen molar-refractivity contribution in [3.05, 3.63) is 22.8 Å². The largest absolute Gasteiger partial charge is 0.443 e. The SMILES string of the molecule is Cc1cc2c(C)nc(Cl)nc2o1. The lowest BCUT2D eigenvalue weighted by atomic mass is 10.3. The van der Waals surface area contributed by atoms with E-state index >= 15 is 0 Å². The molecule has 0 aliphatic heterocycles. The minimum Gasteiger partial charge on any atom is -0.443 e.